The number of carbonyl (C=O) groups is 1. The van der Waals surface area contributed by atoms with E-state index in [1.54, 1.807) is 0 Å². The zero-order chi connectivity index (χ0) is 12.0. The van der Waals surface area contributed by atoms with Gasteiger partial charge in [-0.2, -0.15) is 0 Å². The minimum Gasteiger partial charge on any atom is -0.468 e. The summed E-state index contributed by atoms with van der Waals surface area (Å²) in [5, 5.41) is 3.13. The molecule has 0 aliphatic rings. The minimum atomic E-state index is -0.241. The van der Waals surface area contributed by atoms with Crippen molar-refractivity contribution in [1.29, 1.82) is 0 Å². The summed E-state index contributed by atoms with van der Waals surface area (Å²) in [5.41, 5.74) is 2.54. The van der Waals surface area contributed by atoms with Gasteiger partial charge in [0.15, 0.2) is 0 Å². The van der Waals surface area contributed by atoms with Gasteiger partial charge in [-0.15, -0.1) is 0 Å². The second-order valence-corrected chi connectivity index (χ2v) is 3.94. The number of nitrogens with one attached hydrogen (secondary N) is 1. The number of carbonyl (C=O) groups excluding carboxylic acids is 1. The van der Waals surface area contributed by atoms with E-state index in [-0.39, 0.29) is 12.0 Å². The lowest BCUT2D eigenvalue weighted by Crippen LogP contribution is -2.36. The predicted octanol–water partition coefficient (Wildman–Crippen LogP) is 1.69. The number of ether oxygens (including phenoxy) is 1. The van der Waals surface area contributed by atoms with Gasteiger partial charge in [-0.25, -0.2) is 0 Å². The maximum Gasteiger partial charge on any atom is 0.322 e. The van der Waals surface area contributed by atoms with Gasteiger partial charge in [-0.05, 0) is 32.4 Å². The highest BCUT2D eigenvalue weighted by Crippen LogP contribution is 2.04. The van der Waals surface area contributed by atoms with Crippen molar-refractivity contribution in [3.63, 3.8) is 0 Å². The molecule has 0 aliphatic carbocycles. The Hall–Kier alpha value is -1.35. The first-order valence-corrected chi connectivity index (χ1v) is 5.50. The Morgan fingerprint density at radius 1 is 1.50 bits per heavy atom. The Morgan fingerprint density at radius 3 is 2.88 bits per heavy atom. The van der Waals surface area contributed by atoms with Crippen LogP contribution in [0.5, 0.6) is 0 Å². The fraction of sp³-hybridized carbons (Fsp3) is 0.462. The minimum absolute atomic E-state index is 0.218. The first-order chi connectivity index (χ1) is 7.63. The van der Waals surface area contributed by atoms with Crippen LogP contribution in [0.15, 0.2) is 24.3 Å². The van der Waals surface area contributed by atoms with Crippen LogP contribution >= 0.6 is 0 Å². The SMILES string of the molecule is COC(=O)C(C)NCCc1cccc(C)c1. The number of benzene rings is 1. The number of esters is 1. The molecule has 0 fully saturated rings. The third-order valence-corrected chi connectivity index (χ3v) is 2.50. The molecule has 1 atom stereocenters. The summed E-state index contributed by atoms with van der Waals surface area (Å²) >= 11 is 0. The standard InChI is InChI=1S/C13H19NO2/c1-10-5-4-6-12(9-10)7-8-14-11(2)13(15)16-3/h4-6,9,11,14H,7-8H2,1-3H3. The van der Waals surface area contributed by atoms with E-state index in [4.69, 9.17) is 0 Å². The van der Waals surface area contributed by atoms with Gasteiger partial charge < -0.3 is 10.1 Å². The lowest BCUT2D eigenvalue weighted by atomic mass is 10.1. The van der Waals surface area contributed by atoms with Gasteiger partial charge in [0.25, 0.3) is 0 Å². The van der Waals surface area contributed by atoms with Gasteiger partial charge in [0.2, 0.25) is 0 Å². The summed E-state index contributed by atoms with van der Waals surface area (Å²) in [5.74, 6) is -0.218. The molecule has 0 spiro atoms. The second-order valence-electron chi connectivity index (χ2n) is 3.94. The Bertz CT molecular complexity index is 350. The summed E-state index contributed by atoms with van der Waals surface area (Å²) in [6.45, 7) is 4.66. The van der Waals surface area contributed by atoms with Crippen LogP contribution < -0.4 is 5.32 Å². The van der Waals surface area contributed by atoms with Crippen molar-refractivity contribution in [2.24, 2.45) is 0 Å². The van der Waals surface area contributed by atoms with Crippen LogP contribution in [0.4, 0.5) is 0 Å². The molecule has 0 radical (unpaired) electrons. The monoisotopic (exact) mass is 221 g/mol. The number of methoxy groups -OCH3 is 1. The maximum absolute atomic E-state index is 11.1. The third-order valence-electron chi connectivity index (χ3n) is 2.50. The second kappa shape index (κ2) is 6.28. The van der Waals surface area contributed by atoms with E-state index in [0.29, 0.717) is 0 Å². The van der Waals surface area contributed by atoms with Crippen LogP contribution in [0, 0.1) is 6.92 Å². The van der Waals surface area contributed by atoms with E-state index in [9.17, 15) is 4.79 Å². The van der Waals surface area contributed by atoms with E-state index in [2.05, 4.69) is 41.2 Å². The van der Waals surface area contributed by atoms with Crippen LogP contribution in [-0.4, -0.2) is 25.7 Å². The zero-order valence-corrected chi connectivity index (χ0v) is 10.1. The van der Waals surface area contributed by atoms with E-state index >= 15 is 0 Å². The van der Waals surface area contributed by atoms with Gasteiger partial charge in [0.1, 0.15) is 6.04 Å². The fourth-order valence-corrected chi connectivity index (χ4v) is 1.56. The van der Waals surface area contributed by atoms with Gasteiger partial charge in [-0.3, -0.25) is 4.79 Å². The summed E-state index contributed by atoms with van der Waals surface area (Å²) in [7, 11) is 1.40. The largest absolute Gasteiger partial charge is 0.468 e. The maximum atomic E-state index is 11.1. The van der Waals surface area contributed by atoms with Crippen molar-refractivity contribution in [3.8, 4) is 0 Å². The van der Waals surface area contributed by atoms with Gasteiger partial charge >= 0.3 is 5.97 Å². The molecule has 0 aliphatic heterocycles. The molecule has 1 aromatic rings. The Kier molecular flexibility index (Phi) is 4.99. The van der Waals surface area contributed by atoms with Crippen molar-refractivity contribution in [1.82, 2.24) is 5.32 Å². The van der Waals surface area contributed by atoms with Crippen molar-refractivity contribution >= 4 is 5.97 Å². The molecule has 0 saturated carbocycles. The summed E-state index contributed by atoms with van der Waals surface area (Å²) < 4.78 is 4.63. The molecule has 0 heterocycles. The first kappa shape index (κ1) is 12.7. The highest BCUT2D eigenvalue weighted by Gasteiger charge is 2.10. The van der Waals surface area contributed by atoms with Gasteiger partial charge in [0.05, 0.1) is 7.11 Å². The van der Waals surface area contributed by atoms with E-state index in [1.807, 2.05) is 6.92 Å². The summed E-state index contributed by atoms with van der Waals surface area (Å²) in [6, 6.07) is 8.14. The van der Waals surface area contributed by atoms with E-state index in [1.165, 1.54) is 18.2 Å². The van der Waals surface area contributed by atoms with E-state index < -0.39 is 0 Å². The van der Waals surface area contributed by atoms with E-state index in [0.717, 1.165) is 13.0 Å². The van der Waals surface area contributed by atoms with Gasteiger partial charge in [0, 0.05) is 0 Å². The average Bonchev–Trinajstić information content (AvgIpc) is 2.28. The van der Waals surface area contributed by atoms with Crippen LogP contribution in [0.25, 0.3) is 0 Å². The number of aryl methyl sites for hydroxylation is 1. The van der Waals surface area contributed by atoms with Crippen LogP contribution in [0.1, 0.15) is 18.1 Å². The highest BCUT2D eigenvalue weighted by molar-refractivity contribution is 5.75. The lowest BCUT2D eigenvalue weighted by molar-refractivity contribution is -0.142. The predicted molar refractivity (Wildman–Crippen MR) is 64.4 cm³/mol. The molecule has 0 bridgehead atoms. The zero-order valence-electron chi connectivity index (χ0n) is 10.1. The molecule has 3 nitrogen and oxygen atoms in total. The van der Waals surface area contributed by atoms with Crippen LogP contribution in [0.2, 0.25) is 0 Å². The molecule has 1 unspecified atom stereocenters. The van der Waals surface area contributed by atoms with Gasteiger partial charge in [-0.1, -0.05) is 29.8 Å². The van der Waals surface area contributed by atoms with Crippen molar-refractivity contribution in [2.45, 2.75) is 26.3 Å². The molecule has 1 N–H and O–H groups in total. The lowest BCUT2D eigenvalue weighted by Gasteiger charge is -2.11. The Morgan fingerprint density at radius 2 is 2.25 bits per heavy atom. The fourth-order valence-electron chi connectivity index (χ4n) is 1.56. The summed E-state index contributed by atoms with van der Waals surface area (Å²) in [6.07, 6.45) is 0.920. The molecular weight excluding hydrogens is 202 g/mol. The van der Waals surface area contributed by atoms with Crippen LogP contribution in [-0.2, 0) is 16.0 Å². The van der Waals surface area contributed by atoms with Crippen molar-refractivity contribution in [2.75, 3.05) is 13.7 Å². The smallest absolute Gasteiger partial charge is 0.322 e. The molecule has 3 heteroatoms. The number of hydrogen-bond acceptors (Lipinski definition) is 3. The molecule has 16 heavy (non-hydrogen) atoms. The average molecular weight is 221 g/mol. The first-order valence-electron chi connectivity index (χ1n) is 5.50. The third kappa shape index (κ3) is 4.03. The number of rotatable bonds is 5. The molecular formula is C13H19NO2. The Labute approximate surface area is 96.8 Å². The molecule has 0 aromatic heterocycles. The van der Waals surface area contributed by atoms with Crippen LogP contribution in [0.3, 0.4) is 0 Å². The molecule has 0 amide bonds. The van der Waals surface area contributed by atoms with Crippen molar-refractivity contribution in [3.05, 3.63) is 35.4 Å². The molecule has 88 valence electrons. The molecule has 1 aromatic carbocycles. The number of hydrogen-bond donors (Lipinski definition) is 1. The Balaban J connectivity index is 2.33. The summed E-state index contributed by atoms with van der Waals surface area (Å²) in [4.78, 5) is 11.1. The highest BCUT2D eigenvalue weighted by atomic mass is 16.5. The topological polar surface area (TPSA) is 38.3 Å². The normalized spacial score (nSPS) is 12.2. The molecule has 1 rings (SSSR count). The van der Waals surface area contributed by atoms with Crippen molar-refractivity contribution < 1.29 is 9.53 Å². The molecule has 0 saturated heterocycles. The quantitative estimate of drug-likeness (QED) is 0.769.